The smallest absolute Gasteiger partial charge is 0.225 e. The molecule has 0 atom stereocenters. The molecule has 1 aromatic heterocycles. The highest BCUT2D eigenvalue weighted by molar-refractivity contribution is 5.79. The third-order valence-corrected chi connectivity index (χ3v) is 5.18. The van der Waals surface area contributed by atoms with Gasteiger partial charge in [0, 0.05) is 43.9 Å². The fourth-order valence-corrected chi connectivity index (χ4v) is 3.72. The van der Waals surface area contributed by atoms with Crippen molar-refractivity contribution in [3.05, 3.63) is 18.1 Å². The number of anilines is 1. The monoisotopic (exact) mass is 302 g/mol. The number of aryl methyl sites for hydroxylation is 1. The van der Waals surface area contributed by atoms with E-state index in [1.807, 2.05) is 13.0 Å². The van der Waals surface area contributed by atoms with Crippen LogP contribution in [0.4, 0.5) is 5.82 Å². The minimum absolute atomic E-state index is 0.304. The molecule has 2 heterocycles. The van der Waals surface area contributed by atoms with Crippen LogP contribution in [-0.2, 0) is 4.79 Å². The summed E-state index contributed by atoms with van der Waals surface area (Å²) in [7, 11) is 2.10. The van der Waals surface area contributed by atoms with Crippen LogP contribution in [0, 0.1) is 12.8 Å². The first kappa shape index (κ1) is 15.3. The van der Waals surface area contributed by atoms with Gasteiger partial charge in [0.2, 0.25) is 5.91 Å². The van der Waals surface area contributed by atoms with Gasteiger partial charge in [-0.25, -0.2) is 9.97 Å². The molecule has 1 aromatic rings. The van der Waals surface area contributed by atoms with Gasteiger partial charge >= 0.3 is 0 Å². The SMILES string of the molecule is Cc1cc(N(C)C2CCN(C(=O)C3CCCC3)CC2)ncn1. The number of piperidine rings is 1. The van der Waals surface area contributed by atoms with Crippen molar-refractivity contribution < 1.29 is 4.79 Å². The summed E-state index contributed by atoms with van der Waals surface area (Å²) in [5.74, 6) is 1.68. The molecular formula is C17H26N4O. The second-order valence-corrected chi connectivity index (χ2v) is 6.67. The van der Waals surface area contributed by atoms with Crippen molar-refractivity contribution in [2.75, 3.05) is 25.0 Å². The molecule has 0 aromatic carbocycles. The molecule has 1 saturated heterocycles. The molecule has 1 saturated carbocycles. The van der Waals surface area contributed by atoms with Gasteiger partial charge < -0.3 is 9.80 Å². The largest absolute Gasteiger partial charge is 0.356 e. The van der Waals surface area contributed by atoms with Crippen LogP contribution in [0.15, 0.2) is 12.4 Å². The van der Waals surface area contributed by atoms with Crippen LogP contribution in [0.3, 0.4) is 0 Å². The second-order valence-electron chi connectivity index (χ2n) is 6.67. The molecule has 1 amide bonds. The number of hydrogen-bond donors (Lipinski definition) is 0. The fourth-order valence-electron chi connectivity index (χ4n) is 3.72. The molecule has 1 aliphatic carbocycles. The lowest BCUT2D eigenvalue weighted by atomic mass is 10.00. The molecule has 120 valence electrons. The van der Waals surface area contributed by atoms with Crippen molar-refractivity contribution in [1.29, 1.82) is 0 Å². The Kier molecular flexibility index (Phi) is 4.60. The van der Waals surface area contributed by atoms with Gasteiger partial charge in [-0.15, -0.1) is 0 Å². The highest BCUT2D eigenvalue weighted by Crippen LogP contribution is 2.28. The van der Waals surface area contributed by atoms with E-state index in [-0.39, 0.29) is 0 Å². The highest BCUT2D eigenvalue weighted by atomic mass is 16.2. The normalized spacial score (nSPS) is 20.4. The first-order valence-electron chi connectivity index (χ1n) is 8.45. The molecule has 22 heavy (non-hydrogen) atoms. The Hall–Kier alpha value is -1.65. The van der Waals surface area contributed by atoms with Crippen LogP contribution < -0.4 is 4.90 Å². The Balaban J connectivity index is 1.56. The average molecular weight is 302 g/mol. The Morgan fingerprint density at radius 3 is 2.50 bits per heavy atom. The minimum Gasteiger partial charge on any atom is -0.356 e. The third-order valence-electron chi connectivity index (χ3n) is 5.18. The number of carbonyl (C=O) groups excluding carboxylic acids is 1. The number of carbonyl (C=O) groups is 1. The number of nitrogens with zero attached hydrogens (tertiary/aromatic N) is 4. The number of amides is 1. The topological polar surface area (TPSA) is 49.3 Å². The summed E-state index contributed by atoms with van der Waals surface area (Å²) >= 11 is 0. The van der Waals surface area contributed by atoms with Crippen LogP contribution in [0.1, 0.15) is 44.2 Å². The van der Waals surface area contributed by atoms with E-state index >= 15 is 0 Å². The van der Waals surface area contributed by atoms with Crippen LogP contribution in [0.5, 0.6) is 0 Å². The van der Waals surface area contributed by atoms with Gasteiger partial charge in [0.25, 0.3) is 0 Å². The van der Waals surface area contributed by atoms with Crippen molar-refractivity contribution >= 4 is 11.7 Å². The number of aromatic nitrogens is 2. The Morgan fingerprint density at radius 1 is 1.18 bits per heavy atom. The van der Waals surface area contributed by atoms with E-state index < -0.39 is 0 Å². The maximum atomic E-state index is 12.5. The van der Waals surface area contributed by atoms with E-state index in [4.69, 9.17) is 0 Å². The first-order chi connectivity index (χ1) is 10.6. The summed E-state index contributed by atoms with van der Waals surface area (Å²) in [6, 6.07) is 2.48. The average Bonchev–Trinajstić information content (AvgIpc) is 3.08. The summed E-state index contributed by atoms with van der Waals surface area (Å²) in [6.45, 7) is 3.75. The molecular weight excluding hydrogens is 276 g/mol. The standard InChI is InChI=1S/C17H26N4O/c1-13-11-16(19-12-18-13)20(2)15-7-9-21(10-8-15)17(22)14-5-3-4-6-14/h11-12,14-15H,3-10H2,1-2H3. The van der Waals surface area contributed by atoms with Crippen molar-refractivity contribution in [2.24, 2.45) is 5.92 Å². The van der Waals surface area contributed by atoms with Gasteiger partial charge in [-0.2, -0.15) is 0 Å². The van der Waals surface area contributed by atoms with Gasteiger partial charge in [0.05, 0.1) is 0 Å². The van der Waals surface area contributed by atoms with E-state index in [9.17, 15) is 4.79 Å². The first-order valence-corrected chi connectivity index (χ1v) is 8.45. The maximum Gasteiger partial charge on any atom is 0.225 e. The Bertz CT molecular complexity index is 519. The molecule has 0 bridgehead atoms. The van der Waals surface area contributed by atoms with Crippen LogP contribution in [0.25, 0.3) is 0 Å². The van der Waals surface area contributed by atoms with E-state index in [0.29, 0.717) is 17.9 Å². The van der Waals surface area contributed by atoms with Gasteiger partial charge in [0.15, 0.2) is 0 Å². The summed E-state index contributed by atoms with van der Waals surface area (Å²) in [4.78, 5) is 25.3. The molecule has 3 rings (SSSR count). The highest BCUT2D eigenvalue weighted by Gasteiger charge is 2.31. The number of likely N-dealkylation sites (tertiary alicyclic amines) is 1. The quantitative estimate of drug-likeness (QED) is 0.860. The molecule has 2 aliphatic rings. The predicted octanol–water partition coefficient (Wildman–Crippen LogP) is 2.40. The molecule has 0 unspecified atom stereocenters. The maximum absolute atomic E-state index is 12.5. The van der Waals surface area contributed by atoms with Crippen molar-refractivity contribution in [3.8, 4) is 0 Å². The zero-order valence-corrected chi connectivity index (χ0v) is 13.7. The van der Waals surface area contributed by atoms with Crippen molar-refractivity contribution in [3.63, 3.8) is 0 Å². The van der Waals surface area contributed by atoms with E-state index in [0.717, 1.165) is 50.3 Å². The van der Waals surface area contributed by atoms with Crippen molar-refractivity contribution in [2.45, 2.75) is 51.5 Å². The lowest BCUT2D eigenvalue weighted by Crippen LogP contribution is -2.47. The lowest BCUT2D eigenvalue weighted by molar-refractivity contribution is -0.136. The van der Waals surface area contributed by atoms with Gasteiger partial charge in [-0.3, -0.25) is 4.79 Å². The van der Waals surface area contributed by atoms with E-state index in [1.165, 1.54) is 12.8 Å². The van der Waals surface area contributed by atoms with E-state index in [1.54, 1.807) is 6.33 Å². The number of hydrogen-bond acceptors (Lipinski definition) is 4. The lowest BCUT2D eigenvalue weighted by Gasteiger charge is -2.38. The zero-order chi connectivity index (χ0) is 15.5. The molecule has 5 heteroatoms. The van der Waals surface area contributed by atoms with Crippen molar-refractivity contribution in [1.82, 2.24) is 14.9 Å². The zero-order valence-electron chi connectivity index (χ0n) is 13.7. The van der Waals surface area contributed by atoms with Crippen LogP contribution in [-0.4, -0.2) is 47.0 Å². The minimum atomic E-state index is 0.304. The molecule has 0 spiro atoms. The third kappa shape index (κ3) is 3.23. The Labute approximate surface area is 132 Å². The van der Waals surface area contributed by atoms with Crippen LogP contribution >= 0.6 is 0 Å². The van der Waals surface area contributed by atoms with Crippen LogP contribution in [0.2, 0.25) is 0 Å². The molecule has 5 nitrogen and oxygen atoms in total. The summed E-state index contributed by atoms with van der Waals surface area (Å²) in [5.41, 5.74) is 0.991. The predicted molar refractivity (Wildman–Crippen MR) is 86.7 cm³/mol. The van der Waals surface area contributed by atoms with E-state index in [2.05, 4.69) is 26.8 Å². The fraction of sp³-hybridized carbons (Fsp3) is 0.706. The number of rotatable bonds is 3. The van der Waals surface area contributed by atoms with Gasteiger partial charge in [0.1, 0.15) is 12.1 Å². The van der Waals surface area contributed by atoms with Gasteiger partial charge in [-0.05, 0) is 32.6 Å². The summed E-state index contributed by atoms with van der Waals surface area (Å²) in [5, 5.41) is 0. The molecule has 2 fully saturated rings. The summed E-state index contributed by atoms with van der Waals surface area (Å²) in [6.07, 6.45) is 8.32. The summed E-state index contributed by atoms with van der Waals surface area (Å²) < 4.78 is 0. The molecule has 0 N–H and O–H groups in total. The molecule has 0 radical (unpaired) electrons. The second kappa shape index (κ2) is 6.63. The Morgan fingerprint density at radius 2 is 1.86 bits per heavy atom. The van der Waals surface area contributed by atoms with Gasteiger partial charge in [-0.1, -0.05) is 12.8 Å². The molecule has 1 aliphatic heterocycles.